The molecule has 1 aliphatic heterocycles. The summed E-state index contributed by atoms with van der Waals surface area (Å²) >= 11 is 0. The van der Waals surface area contributed by atoms with Gasteiger partial charge in [-0.2, -0.15) is 0 Å². The molecule has 2 heterocycles. The number of aryl methyl sites for hydroxylation is 1. The Morgan fingerprint density at radius 1 is 1.62 bits per heavy atom. The van der Waals surface area contributed by atoms with Crippen molar-refractivity contribution in [1.82, 2.24) is 5.16 Å². The summed E-state index contributed by atoms with van der Waals surface area (Å²) in [4.78, 5) is 1.79. The monoisotopic (exact) mass is 178 g/mol. The standard InChI is InChI=1S/C9H10N2O2/c1-7-5-9(13-10-7)11-4-2-3-8(12)6-11/h2-5,12H,6H2,1H3. The Kier molecular flexibility index (Phi) is 1.81. The zero-order chi connectivity index (χ0) is 9.26. The van der Waals surface area contributed by atoms with Crippen LogP contribution in [0.2, 0.25) is 0 Å². The first-order valence-electron chi connectivity index (χ1n) is 4.02. The fourth-order valence-electron chi connectivity index (χ4n) is 1.17. The molecule has 0 unspecified atom stereocenters. The van der Waals surface area contributed by atoms with E-state index in [4.69, 9.17) is 4.52 Å². The van der Waals surface area contributed by atoms with Crippen molar-refractivity contribution in [1.29, 1.82) is 0 Å². The van der Waals surface area contributed by atoms with E-state index in [2.05, 4.69) is 5.16 Å². The van der Waals surface area contributed by atoms with Crippen molar-refractivity contribution in [3.8, 4) is 0 Å². The van der Waals surface area contributed by atoms with Crippen LogP contribution in [0.25, 0.3) is 0 Å². The average molecular weight is 178 g/mol. The van der Waals surface area contributed by atoms with Gasteiger partial charge in [0.25, 0.3) is 0 Å². The summed E-state index contributed by atoms with van der Waals surface area (Å²) in [6.07, 6.45) is 5.25. The van der Waals surface area contributed by atoms with E-state index in [1.165, 1.54) is 0 Å². The summed E-state index contributed by atoms with van der Waals surface area (Å²) < 4.78 is 5.04. The second-order valence-corrected chi connectivity index (χ2v) is 2.93. The van der Waals surface area contributed by atoms with Crippen molar-refractivity contribution in [2.24, 2.45) is 0 Å². The minimum absolute atomic E-state index is 0.316. The molecule has 1 aromatic heterocycles. The molecule has 0 fully saturated rings. The third kappa shape index (κ3) is 1.56. The minimum Gasteiger partial charge on any atom is -0.510 e. The third-order valence-corrected chi connectivity index (χ3v) is 1.79. The van der Waals surface area contributed by atoms with Gasteiger partial charge >= 0.3 is 0 Å². The number of aliphatic hydroxyl groups excluding tert-OH is 1. The van der Waals surface area contributed by atoms with Crippen molar-refractivity contribution in [2.75, 3.05) is 11.4 Å². The summed E-state index contributed by atoms with van der Waals surface area (Å²) in [6, 6.07) is 1.82. The largest absolute Gasteiger partial charge is 0.510 e. The molecule has 1 aromatic rings. The van der Waals surface area contributed by atoms with Crippen LogP contribution in [0.1, 0.15) is 5.69 Å². The lowest BCUT2D eigenvalue weighted by molar-refractivity contribution is 0.386. The van der Waals surface area contributed by atoms with Crippen LogP contribution in [0.3, 0.4) is 0 Å². The number of aromatic nitrogens is 1. The molecule has 0 bridgehead atoms. The number of hydrogen-bond acceptors (Lipinski definition) is 4. The Balaban J connectivity index is 2.20. The van der Waals surface area contributed by atoms with Gasteiger partial charge in [-0.3, -0.25) is 0 Å². The van der Waals surface area contributed by atoms with Crippen molar-refractivity contribution < 1.29 is 9.63 Å². The van der Waals surface area contributed by atoms with E-state index in [0.717, 1.165) is 5.69 Å². The quantitative estimate of drug-likeness (QED) is 0.711. The van der Waals surface area contributed by atoms with Crippen LogP contribution in [-0.2, 0) is 0 Å². The van der Waals surface area contributed by atoms with E-state index in [1.54, 1.807) is 17.1 Å². The maximum atomic E-state index is 9.25. The molecule has 1 N–H and O–H groups in total. The molecule has 0 amide bonds. The average Bonchev–Trinajstić information content (AvgIpc) is 2.52. The molecule has 4 heteroatoms. The highest BCUT2D eigenvalue weighted by Crippen LogP contribution is 2.18. The molecular formula is C9H10N2O2. The Bertz CT molecular complexity index is 365. The van der Waals surface area contributed by atoms with Gasteiger partial charge in [-0.25, -0.2) is 0 Å². The first-order valence-corrected chi connectivity index (χ1v) is 4.02. The van der Waals surface area contributed by atoms with Crippen LogP contribution in [0.5, 0.6) is 0 Å². The first-order chi connectivity index (χ1) is 6.25. The molecule has 0 spiro atoms. The lowest BCUT2D eigenvalue weighted by Gasteiger charge is -2.17. The number of anilines is 1. The fourth-order valence-corrected chi connectivity index (χ4v) is 1.17. The summed E-state index contributed by atoms with van der Waals surface area (Å²) in [5.74, 6) is 0.963. The molecule has 1 aliphatic rings. The lowest BCUT2D eigenvalue weighted by atomic mass is 10.3. The summed E-state index contributed by atoms with van der Waals surface area (Å²) in [7, 11) is 0. The third-order valence-electron chi connectivity index (χ3n) is 1.79. The zero-order valence-corrected chi connectivity index (χ0v) is 7.27. The number of allylic oxidation sites excluding steroid dienone is 2. The topological polar surface area (TPSA) is 49.5 Å². The molecular weight excluding hydrogens is 168 g/mol. The molecule has 68 valence electrons. The van der Waals surface area contributed by atoms with Gasteiger partial charge in [0.15, 0.2) is 0 Å². The van der Waals surface area contributed by atoms with Gasteiger partial charge in [0, 0.05) is 12.3 Å². The normalized spacial score (nSPS) is 16.1. The van der Waals surface area contributed by atoms with E-state index in [1.807, 2.05) is 19.2 Å². The van der Waals surface area contributed by atoms with Crippen LogP contribution < -0.4 is 4.90 Å². The van der Waals surface area contributed by atoms with Crippen LogP contribution >= 0.6 is 0 Å². The Labute approximate surface area is 75.8 Å². The number of aliphatic hydroxyl groups is 1. The zero-order valence-electron chi connectivity index (χ0n) is 7.27. The summed E-state index contributed by atoms with van der Waals surface area (Å²) in [5, 5.41) is 13.0. The summed E-state index contributed by atoms with van der Waals surface area (Å²) in [5.41, 5.74) is 0.831. The van der Waals surface area contributed by atoms with Crippen molar-refractivity contribution in [3.05, 3.63) is 35.9 Å². The van der Waals surface area contributed by atoms with E-state index in [9.17, 15) is 5.11 Å². The predicted octanol–water partition coefficient (Wildman–Crippen LogP) is 1.76. The number of nitrogens with zero attached hydrogens (tertiary/aromatic N) is 2. The highest BCUT2D eigenvalue weighted by atomic mass is 16.5. The van der Waals surface area contributed by atoms with Gasteiger partial charge in [-0.1, -0.05) is 5.16 Å². The Hall–Kier alpha value is -1.71. The molecule has 0 radical (unpaired) electrons. The van der Waals surface area contributed by atoms with E-state index >= 15 is 0 Å². The maximum Gasteiger partial charge on any atom is 0.231 e. The van der Waals surface area contributed by atoms with Crippen molar-refractivity contribution in [3.63, 3.8) is 0 Å². The fraction of sp³-hybridized carbons (Fsp3) is 0.222. The van der Waals surface area contributed by atoms with Crippen molar-refractivity contribution in [2.45, 2.75) is 6.92 Å². The van der Waals surface area contributed by atoms with Crippen LogP contribution in [0.4, 0.5) is 5.88 Å². The number of rotatable bonds is 1. The molecule has 4 nitrogen and oxygen atoms in total. The van der Waals surface area contributed by atoms with Gasteiger partial charge < -0.3 is 14.5 Å². The van der Waals surface area contributed by atoms with Gasteiger partial charge in [-0.15, -0.1) is 0 Å². The highest BCUT2D eigenvalue weighted by molar-refractivity contribution is 5.43. The molecule has 0 aromatic carbocycles. The van der Waals surface area contributed by atoms with Crippen LogP contribution in [-0.4, -0.2) is 16.8 Å². The van der Waals surface area contributed by atoms with Crippen molar-refractivity contribution >= 4 is 5.88 Å². The second-order valence-electron chi connectivity index (χ2n) is 2.93. The van der Waals surface area contributed by atoms with Gasteiger partial charge in [0.2, 0.25) is 5.88 Å². The SMILES string of the molecule is Cc1cc(N2C=CC=C(O)C2)on1. The lowest BCUT2D eigenvalue weighted by Crippen LogP contribution is -2.20. The maximum absolute atomic E-state index is 9.25. The predicted molar refractivity (Wildman–Crippen MR) is 48.4 cm³/mol. The summed E-state index contributed by atoms with van der Waals surface area (Å²) in [6.45, 7) is 2.29. The van der Waals surface area contributed by atoms with E-state index in [-0.39, 0.29) is 0 Å². The van der Waals surface area contributed by atoms with Crippen LogP contribution in [0, 0.1) is 6.92 Å². The molecule has 0 saturated carbocycles. The van der Waals surface area contributed by atoms with Gasteiger partial charge in [-0.05, 0) is 19.1 Å². The molecule has 0 saturated heterocycles. The number of hydrogen-bond donors (Lipinski definition) is 1. The second kappa shape index (κ2) is 2.97. The molecule has 2 rings (SSSR count). The Morgan fingerprint density at radius 3 is 3.08 bits per heavy atom. The molecule has 13 heavy (non-hydrogen) atoms. The smallest absolute Gasteiger partial charge is 0.231 e. The first kappa shape index (κ1) is 7.91. The van der Waals surface area contributed by atoms with Gasteiger partial charge in [0.1, 0.15) is 5.76 Å². The van der Waals surface area contributed by atoms with E-state index in [0.29, 0.717) is 18.2 Å². The molecule has 0 atom stereocenters. The Morgan fingerprint density at radius 2 is 2.46 bits per heavy atom. The van der Waals surface area contributed by atoms with Gasteiger partial charge in [0.05, 0.1) is 12.2 Å². The minimum atomic E-state index is 0.316. The van der Waals surface area contributed by atoms with Crippen LogP contribution in [0.15, 0.2) is 34.7 Å². The van der Waals surface area contributed by atoms with E-state index < -0.39 is 0 Å². The molecule has 0 aliphatic carbocycles. The highest BCUT2D eigenvalue weighted by Gasteiger charge is 2.12.